The molecule has 3 rings (SSSR count). The third kappa shape index (κ3) is 3.35. The minimum atomic E-state index is -0.229. The Morgan fingerprint density at radius 1 is 0.786 bits per heavy atom. The Hall–Kier alpha value is -3.22. The second-order valence-corrected chi connectivity index (χ2v) is 6.09. The van der Waals surface area contributed by atoms with Gasteiger partial charge in [0.2, 0.25) is 11.5 Å². The number of benzene rings is 2. The largest absolute Gasteiger partial charge is 0.493 e. The third-order valence-electron chi connectivity index (χ3n) is 4.66. The maximum Gasteiger partial charge on any atom is 0.211 e. The fourth-order valence-corrected chi connectivity index (χ4v) is 3.26. The van der Waals surface area contributed by atoms with Crippen LogP contribution in [0.4, 0.5) is 0 Å². The monoisotopic (exact) mass is 385 g/mol. The van der Waals surface area contributed by atoms with Gasteiger partial charge in [-0.05, 0) is 36.2 Å². The molecule has 2 aromatic carbocycles. The molecule has 0 saturated heterocycles. The summed E-state index contributed by atoms with van der Waals surface area (Å²) in [6.07, 6.45) is 0.724. The number of carbonyl (C=O) groups excluding carboxylic acids is 1. The average molecular weight is 385 g/mol. The van der Waals surface area contributed by atoms with E-state index in [0.29, 0.717) is 46.6 Å². The molecule has 7 heteroatoms. The molecule has 0 spiro atoms. The molecular weight excluding hydrogens is 362 g/mol. The molecule has 0 fully saturated rings. The Labute approximate surface area is 163 Å². The zero-order chi connectivity index (χ0) is 20.3. The lowest BCUT2D eigenvalue weighted by Crippen LogP contribution is -2.22. The van der Waals surface area contributed by atoms with Crippen molar-refractivity contribution in [2.75, 3.05) is 42.1 Å². The molecule has 0 aliphatic carbocycles. The summed E-state index contributed by atoms with van der Waals surface area (Å²) in [5, 5.41) is 0. The summed E-state index contributed by atoms with van der Waals surface area (Å²) in [6, 6.07) is 6.94. The second-order valence-electron chi connectivity index (χ2n) is 6.09. The zero-order valence-corrected chi connectivity index (χ0v) is 16.6. The lowest BCUT2D eigenvalue weighted by molar-refractivity contribution is 0.106. The van der Waals surface area contributed by atoms with Gasteiger partial charge >= 0.3 is 0 Å². The molecule has 148 valence electrons. The predicted octanol–water partition coefficient (Wildman–Crippen LogP) is 2.96. The van der Waals surface area contributed by atoms with Gasteiger partial charge < -0.3 is 23.7 Å². The van der Waals surface area contributed by atoms with E-state index >= 15 is 0 Å². The lowest BCUT2D eigenvalue weighted by atomic mass is 9.92. The average Bonchev–Trinajstić information content (AvgIpc) is 2.75. The number of carbonyl (C=O) groups is 1. The summed E-state index contributed by atoms with van der Waals surface area (Å²) in [7, 11) is 7.68. The zero-order valence-electron chi connectivity index (χ0n) is 16.6. The molecule has 1 aliphatic rings. The number of Topliss-reactive ketones (excluding diaryl/α,β-unsaturated/α-hetero) is 1. The normalized spacial score (nSPS) is 12.5. The first kappa shape index (κ1) is 19.5. The maximum atomic E-state index is 13.3. The quantitative estimate of drug-likeness (QED) is 0.682. The Morgan fingerprint density at radius 2 is 1.36 bits per heavy atom. The van der Waals surface area contributed by atoms with E-state index < -0.39 is 0 Å². The second kappa shape index (κ2) is 8.21. The number of fused-ring (bicyclic) bond motifs is 1. The summed E-state index contributed by atoms with van der Waals surface area (Å²) in [5.74, 6) is 2.20. The number of hydrogen-bond donors (Lipinski definition) is 0. The van der Waals surface area contributed by atoms with E-state index in [9.17, 15) is 4.79 Å². The van der Waals surface area contributed by atoms with E-state index in [1.54, 1.807) is 32.4 Å². The fourth-order valence-electron chi connectivity index (χ4n) is 3.26. The summed E-state index contributed by atoms with van der Waals surface area (Å²) in [4.78, 5) is 17.8. The molecule has 0 atom stereocenters. The van der Waals surface area contributed by atoms with E-state index in [4.69, 9.17) is 23.7 Å². The van der Waals surface area contributed by atoms with E-state index in [1.807, 2.05) is 6.07 Å². The molecule has 0 saturated carbocycles. The topological polar surface area (TPSA) is 75.6 Å². The van der Waals surface area contributed by atoms with E-state index in [0.717, 1.165) is 17.5 Å². The smallest absolute Gasteiger partial charge is 0.211 e. The fraction of sp³-hybridized carbons (Fsp3) is 0.333. The van der Waals surface area contributed by atoms with Crippen molar-refractivity contribution >= 4 is 11.5 Å². The standard InChI is InChI=1S/C21H23NO6/c1-24-15-8-12-6-7-22-19(14(12)11-16(15)25-2)20(23)13-9-17(26-3)21(28-5)18(10-13)27-4/h8-11H,6-7H2,1-5H3. The van der Waals surface area contributed by atoms with Gasteiger partial charge in [0, 0.05) is 17.7 Å². The van der Waals surface area contributed by atoms with Crippen molar-refractivity contribution in [3.05, 3.63) is 41.0 Å². The van der Waals surface area contributed by atoms with Crippen LogP contribution < -0.4 is 23.7 Å². The van der Waals surface area contributed by atoms with Gasteiger partial charge in [0.25, 0.3) is 0 Å². The van der Waals surface area contributed by atoms with Gasteiger partial charge in [-0.3, -0.25) is 9.79 Å². The van der Waals surface area contributed by atoms with Crippen molar-refractivity contribution in [3.63, 3.8) is 0 Å². The molecule has 1 heterocycles. The lowest BCUT2D eigenvalue weighted by Gasteiger charge is -2.20. The first-order chi connectivity index (χ1) is 13.6. The number of rotatable bonds is 7. The summed E-state index contributed by atoms with van der Waals surface area (Å²) < 4.78 is 26.8. The Bertz CT molecular complexity index is 910. The summed E-state index contributed by atoms with van der Waals surface area (Å²) in [6.45, 7) is 0.522. The Kier molecular flexibility index (Phi) is 5.73. The van der Waals surface area contributed by atoms with Crippen LogP contribution in [-0.2, 0) is 6.42 Å². The van der Waals surface area contributed by atoms with Gasteiger partial charge in [-0.2, -0.15) is 0 Å². The van der Waals surface area contributed by atoms with Gasteiger partial charge in [-0.1, -0.05) is 0 Å². The van der Waals surface area contributed by atoms with Gasteiger partial charge in [-0.25, -0.2) is 0 Å². The van der Waals surface area contributed by atoms with Crippen LogP contribution >= 0.6 is 0 Å². The number of nitrogens with zero attached hydrogens (tertiary/aromatic N) is 1. The van der Waals surface area contributed by atoms with E-state index in [2.05, 4.69) is 4.99 Å². The molecule has 28 heavy (non-hydrogen) atoms. The third-order valence-corrected chi connectivity index (χ3v) is 4.66. The van der Waals surface area contributed by atoms with Crippen molar-refractivity contribution in [2.24, 2.45) is 4.99 Å². The number of ketones is 1. The number of methoxy groups -OCH3 is 5. The van der Waals surface area contributed by atoms with Crippen molar-refractivity contribution in [3.8, 4) is 28.7 Å². The van der Waals surface area contributed by atoms with E-state index in [-0.39, 0.29) is 5.78 Å². The van der Waals surface area contributed by atoms with Gasteiger partial charge in [0.05, 0.1) is 35.5 Å². The van der Waals surface area contributed by atoms with Crippen LogP contribution in [0.3, 0.4) is 0 Å². The van der Waals surface area contributed by atoms with E-state index in [1.165, 1.54) is 21.3 Å². The van der Waals surface area contributed by atoms with Crippen LogP contribution in [-0.4, -0.2) is 53.6 Å². The Balaban J connectivity index is 2.09. The number of ether oxygens (including phenoxy) is 5. The molecule has 7 nitrogen and oxygen atoms in total. The highest BCUT2D eigenvalue weighted by Crippen LogP contribution is 2.39. The molecular formula is C21H23NO6. The SMILES string of the molecule is COc1cc2c(cc1OC)C(C(=O)c1cc(OC)c(OC)c(OC)c1)=NCC2. The van der Waals surface area contributed by atoms with Crippen LogP contribution in [0.15, 0.2) is 29.3 Å². The molecule has 0 amide bonds. The summed E-state index contributed by atoms with van der Waals surface area (Å²) >= 11 is 0. The van der Waals surface area contributed by atoms with Crippen LogP contribution in [0, 0.1) is 0 Å². The minimum absolute atomic E-state index is 0.229. The molecule has 0 radical (unpaired) electrons. The predicted molar refractivity (Wildman–Crippen MR) is 105 cm³/mol. The van der Waals surface area contributed by atoms with Crippen molar-refractivity contribution in [1.82, 2.24) is 0 Å². The van der Waals surface area contributed by atoms with Crippen LogP contribution in [0.5, 0.6) is 28.7 Å². The molecule has 0 unspecified atom stereocenters. The van der Waals surface area contributed by atoms with Gasteiger partial charge in [-0.15, -0.1) is 0 Å². The number of aliphatic imine (C=N–C) groups is 1. The molecule has 2 aromatic rings. The maximum absolute atomic E-state index is 13.3. The van der Waals surface area contributed by atoms with Crippen molar-refractivity contribution < 1.29 is 28.5 Å². The first-order valence-electron chi connectivity index (χ1n) is 8.72. The minimum Gasteiger partial charge on any atom is -0.493 e. The first-order valence-corrected chi connectivity index (χ1v) is 8.72. The Morgan fingerprint density at radius 3 is 1.89 bits per heavy atom. The summed E-state index contributed by atoms with van der Waals surface area (Å²) in [5.41, 5.74) is 2.50. The van der Waals surface area contributed by atoms with Crippen molar-refractivity contribution in [2.45, 2.75) is 6.42 Å². The van der Waals surface area contributed by atoms with Gasteiger partial charge in [0.15, 0.2) is 23.0 Å². The highest BCUT2D eigenvalue weighted by molar-refractivity contribution is 6.52. The van der Waals surface area contributed by atoms with Gasteiger partial charge in [0.1, 0.15) is 5.71 Å². The highest BCUT2D eigenvalue weighted by atomic mass is 16.5. The van der Waals surface area contributed by atoms with Crippen molar-refractivity contribution in [1.29, 1.82) is 0 Å². The molecule has 0 aromatic heterocycles. The van der Waals surface area contributed by atoms with Crippen LogP contribution in [0.2, 0.25) is 0 Å². The number of hydrogen-bond acceptors (Lipinski definition) is 7. The van der Waals surface area contributed by atoms with Crippen LogP contribution in [0.25, 0.3) is 0 Å². The molecule has 1 aliphatic heterocycles. The molecule has 0 N–H and O–H groups in total. The van der Waals surface area contributed by atoms with Crippen LogP contribution in [0.1, 0.15) is 21.5 Å². The highest BCUT2D eigenvalue weighted by Gasteiger charge is 2.26. The molecule has 0 bridgehead atoms.